The lowest BCUT2D eigenvalue weighted by molar-refractivity contribution is 0.102. The first-order valence-electron chi connectivity index (χ1n) is 6.07. The summed E-state index contributed by atoms with van der Waals surface area (Å²) >= 11 is 12.0. The summed E-state index contributed by atoms with van der Waals surface area (Å²) in [5.74, 6) is 4.89. The maximum Gasteiger partial charge on any atom is 0.255 e. The first kappa shape index (κ1) is 15.4. The molecule has 2 aromatic carbocycles. The molecule has 0 spiro atoms. The fraction of sp³-hybridized carbons (Fsp3) is 0.0625. The van der Waals surface area contributed by atoms with E-state index in [1.807, 2.05) is 0 Å². The number of halogens is 2. The van der Waals surface area contributed by atoms with Gasteiger partial charge in [-0.15, -0.1) is 0 Å². The van der Waals surface area contributed by atoms with E-state index in [9.17, 15) is 4.79 Å². The van der Waals surface area contributed by atoms with Crippen molar-refractivity contribution in [1.82, 2.24) is 0 Å². The quantitative estimate of drug-likeness (QED) is 0.831. The zero-order valence-electron chi connectivity index (χ0n) is 10.9. The molecular formula is C16H11Cl2NO2. The summed E-state index contributed by atoms with van der Waals surface area (Å²) in [7, 11) is 0. The highest BCUT2D eigenvalue weighted by molar-refractivity contribution is 6.34. The number of anilines is 1. The predicted octanol–water partition coefficient (Wildman–Crippen LogP) is 3.59. The summed E-state index contributed by atoms with van der Waals surface area (Å²) in [6.45, 7) is -0.245. The van der Waals surface area contributed by atoms with E-state index in [0.29, 0.717) is 26.9 Å². The Hall–Kier alpha value is -1.99. The number of aliphatic hydroxyl groups excluding tert-OH is 1. The third-order valence-corrected chi connectivity index (χ3v) is 3.30. The van der Waals surface area contributed by atoms with Crippen LogP contribution in [0.15, 0.2) is 42.5 Å². The Balaban J connectivity index is 2.21. The van der Waals surface area contributed by atoms with Crippen LogP contribution in [-0.2, 0) is 0 Å². The first-order chi connectivity index (χ1) is 10.1. The van der Waals surface area contributed by atoms with Crippen molar-refractivity contribution in [2.24, 2.45) is 0 Å². The van der Waals surface area contributed by atoms with Gasteiger partial charge in [0, 0.05) is 11.1 Å². The molecule has 106 valence electrons. The number of para-hydroxylation sites is 1. The van der Waals surface area contributed by atoms with Gasteiger partial charge in [0.2, 0.25) is 0 Å². The van der Waals surface area contributed by atoms with Crippen LogP contribution < -0.4 is 5.32 Å². The number of hydrogen-bond donors (Lipinski definition) is 2. The first-order valence-corrected chi connectivity index (χ1v) is 6.82. The average Bonchev–Trinajstić information content (AvgIpc) is 2.48. The molecule has 0 saturated carbocycles. The number of aliphatic hydroxyl groups is 1. The molecule has 1 amide bonds. The monoisotopic (exact) mass is 319 g/mol. The van der Waals surface area contributed by atoms with Crippen molar-refractivity contribution in [3.8, 4) is 11.8 Å². The average molecular weight is 320 g/mol. The number of benzene rings is 2. The number of nitrogens with one attached hydrogen (secondary N) is 1. The molecule has 0 atom stereocenters. The van der Waals surface area contributed by atoms with Gasteiger partial charge in [-0.25, -0.2) is 0 Å². The number of carbonyl (C=O) groups is 1. The van der Waals surface area contributed by atoms with E-state index < -0.39 is 0 Å². The zero-order chi connectivity index (χ0) is 15.2. The van der Waals surface area contributed by atoms with Gasteiger partial charge in [0.25, 0.3) is 5.91 Å². The molecule has 2 N–H and O–H groups in total. The van der Waals surface area contributed by atoms with Crippen LogP contribution in [0, 0.1) is 11.8 Å². The second kappa shape index (κ2) is 7.14. The Morgan fingerprint density at radius 2 is 1.90 bits per heavy atom. The molecular weight excluding hydrogens is 309 g/mol. The Morgan fingerprint density at radius 1 is 1.14 bits per heavy atom. The van der Waals surface area contributed by atoms with Gasteiger partial charge in [0.1, 0.15) is 6.61 Å². The number of hydrogen-bond acceptors (Lipinski definition) is 2. The van der Waals surface area contributed by atoms with Gasteiger partial charge in [0.05, 0.1) is 15.7 Å². The standard InChI is InChI=1S/C16H11Cl2NO2/c17-13-5-1-2-6-15(13)19-16(21)12-8-7-11(4-3-9-20)14(18)10-12/h1-2,5-8,10,20H,9H2,(H,19,21). The molecule has 0 fully saturated rings. The highest BCUT2D eigenvalue weighted by Crippen LogP contribution is 2.22. The van der Waals surface area contributed by atoms with Crippen molar-refractivity contribution in [3.63, 3.8) is 0 Å². The Kier molecular flexibility index (Phi) is 5.24. The smallest absolute Gasteiger partial charge is 0.255 e. The van der Waals surface area contributed by atoms with Gasteiger partial charge >= 0.3 is 0 Å². The van der Waals surface area contributed by atoms with Crippen LogP contribution in [0.4, 0.5) is 5.69 Å². The molecule has 0 aliphatic rings. The summed E-state index contributed by atoms with van der Waals surface area (Å²) in [4.78, 5) is 12.1. The van der Waals surface area contributed by atoms with E-state index in [1.165, 1.54) is 6.07 Å². The van der Waals surface area contributed by atoms with E-state index in [2.05, 4.69) is 17.2 Å². The minimum Gasteiger partial charge on any atom is -0.384 e. The van der Waals surface area contributed by atoms with E-state index in [0.717, 1.165) is 0 Å². The van der Waals surface area contributed by atoms with Crippen molar-refractivity contribution in [2.75, 3.05) is 11.9 Å². The van der Waals surface area contributed by atoms with E-state index in [4.69, 9.17) is 28.3 Å². The lowest BCUT2D eigenvalue weighted by atomic mass is 10.1. The summed E-state index contributed by atoms with van der Waals surface area (Å²) < 4.78 is 0. The zero-order valence-corrected chi connectivity index (χ0v) is 12.4. The minimum absolute atomic E-state index is 0.245. The molecule has 0 aromatic heterocycles. The van der Waals surface area contributed by atoms with Crippen molar-refractivity contribution < 1.29 is 9.90 Å². The summed E-state index contributed by atoms with van der Waals surface area (Å²) in [6.07, 6.45) is 0. The van der Waals surface area contributed by atoms with Crippen LogP contribution in [0.25, 0.3) is 0 Å². The molecule has 3 nitrogen and oxygen atoms in total. The molecule has 0 heterocycles. The van der Waals surface area contributed by atoms with Crippen LogP contribution in [0.5, 0.6) is 0 Å². The van der Waals surface area contributed by atoms with Gasteiger partial charge in [-0.05, 0) is 30.3 Å². The van der Waals surface area contributed by atoms with Crippen molar-refractivity contribution >= 4 is 34.8 Å². The second-order valence-electron chi connectivity index (χ2n) is 4.09. The summed E-state index contributed by atoms with van der Waals surface area (Å²) in [6, 6.07) is 11.7. The van der Waals surface area contributed by atoms with Crippen LogP contribution in [-0.4, -0.2) is 17.6 Å². The van der Waals surface area contributed by atoms with E-state index in [1.54, 1.807) is 36.4 Å². The Morgan fingerprint density at radius 3 is 2.57 bits per heavy atom. The van der Waals surface area contributed by atoms with Gasteiger partial charge in [-0.3, -0.25) is 4.79 Å². The molecule has 0 unspecified atom stereocenters. The second-order valence-corrected chi connectivity index (χ2v) is 4.90. The highest BCUT2D eigenvalue weighted by atomic mass is 35.5. The molecule has 2 aromatic rings. The number of carbonyl (C=O) groups excluding carboxylic acids is 1. The lowest BCUT2D eigenvalue weighted by Gasteiger charge is -2.07. The fourth-order valence-electron chi connectivity index (χ4n) is 1.65. The van der Waals surface area contributed by atoms with Crippen LogP contribution in [0.1, 0.15) is 15.9 Å². The van der Waals surface area contributed by atoms with Gasteiger partial charge in [-0.1, -0.05) is 47.2 Å². The van der Waals surface area contributed by atoms with Crippen molar-refractivity contribution in [3.05, 3.63) is 63.6 Å². The summed E-state index contributed by atoms with van der Waals surface area (Å²) in [5, 5.41) is 12.2. The fourth-order valence-corrected chi connectivity index (χ4v) is 2.06. The lowest BCUT2D eigenvalue weighted by Crippen LogP contribution is -2.12. The number of rotatable bonds is 2. The van der Waals surface area contributed by atoms with Gasteiger partial charge < -0.3 is 10.4 Å². The SMILES string of the molecule is O=C(Nc1ccccc1Cl)c1ccc(C#CCO)c(Cl)c1. The third-order valence-electron chi connectivity index (χ3n) is 2.66. The molecule has 0 bridgehead atoms. The Bertz CT molecular complexity index is 733. The van der Waals surface area contributed by atoms with Gasteiger partial charge in [0.15, 0.2) is 0 Å². The third kappa shape index (κ3) is 3.99. The molecule has 0 aliphatic heterocycles. The predicted molar refractivity (Wildman–Crippen MR) is 84.8 cm³/mol. The molecule has 0 aliphatic carbocycles. The largest absolute Gasteiger partial charge is 0.384 e. The maximum atomic E-state index is 12.1. The molecule has 0 saturated heterocycles. The van der Waals surface area contributed by atoms with E-state index >= 15 is 0 Å². The normalized spacial score (nSPS) is 9.67. The van der Waals surface area contributed by atoms with Crippen LogP contribution in [0.2, 0.25) is 10.0 Å². The highest BCUT2D eigenvalue weighted by Gasteiger charge is 2.10. The number of amides is 1. The van der Waals surface area contributed by atoms with Gasteiger partial charge in [-0.2, -0.15) is 0 Å². The molecule has 0 radical (unpaired) electrons. The molecule has 2 rings (SSSR count). The molecule has 21 heavy (non-hydrogen) atoms. The van der Waals surface area contributed by atoms with Crippen LogP contribution in [0.3, 0.4) is 0 Å². The van der Waals surface area contributed by atoms with Crippen molar-refractivity contribution in [2.45, 2.75) is 0 Å². The maximum absolute atomic E-state index is 12.1. The van der Waals surface area contributed by atoms with Crippen LogP contribution >= 0.6 is 23.2 Å². The minimum atomic E-state index is -0.313. The van der Waals surface area contributed by atoms with E-state index in [-0.39, 0.29) is 12.5 Å². The summed E-state index contributed by atoms with van der Waals surface area (Å²) in [5.41, 5.74) is 1.49. The topological polar surface area (TPSA) is 49.3 Å². The molecule has 5 heteroatoms. The Labute approximate surface area is 132 Å². The van der Waals surface area contributed by atoms with Crippen molar-refractivity contribution in [1.29, 1.82) is 0 Å².